The molecule has 0 aliphatic heterocycles. The summed E-state index contributed by atoms with van der Waals surface area (Å²) in [7, 11) is 1.80. The van der Waals surface area contributed by atoms with E-state index in [-0.39, 0.29) is 23.8 Å². The Morgan fingerprint density at radius 1 is 1.29 bits per heavy atom. The highest BCUT2D eigenvalue weighted by Gasteiger charge is 2.27. The first-order valence-electron chi connectivity index (χ1n) is 7.20. The highest BCUT2D eigenvalue weighted by Crippen LogP contribution is 2.17. The molecular weight excluding hydrogens is 323 g/mol. The lowest BCUT2D eigenvalue weighted by Crippen LogP contribution is -2.24. The summed E-state index contributed by atoms with van der Waals surface area (Å²) in [5.41, 5.74) is 2.49. The number of aryl methyl sites for hydroxylation is 2. The van der Waals surface area contributed by atoms with Crippen LogP contribution in [0.25, 0.3) is 0 Å². The van der Waals surface area contributed by atoms with Gasteiger partial charge in [0.2, 0.25) is 0 Å². The summed E-state index contributed by atoms with van der Waals surface area (Å²) in [4.78, 5) is 16.2. The third-order valence-electron chi connectivity index (χ3n) is 3.46. The van der Waals surface area contributed by atoms with Crippen molar-refractivity contribution in [3.05, 3.63) is 40.8 Å². The second-order valence-electron chi connectivity index (χ2n) is 5.41. The molecule has 0 radical (unpaired) electrons. The van der Waals surface area contributed by atoms with Gasteiger partial charge in [-0.1, -0.05) is 0 Å². The lowest BCUT2D eigenvalue weighted by molar-refractivity contribution is -0.115. The van der Waals surface area contributed by atoms with E-state index >= 15 is 0 Å². The maximum absolute atomic E-state index is 12.3. The molecule has 2 aromatic heterocycles. The zero-order valence-electron chi connectivity index (χ0n) is 13.5. The van der Waals surface area contributed by atoms with Crippen molar-refractivity contribution in [3.8, 4) is 0 Å². The molecule has 0 unspecified atom stereocenters. The SMILES string of the molecule is Cc1cc(C(=O)NCc2cnn(C)c2C)cc(NCC(F)(F)F)n1. The molecule has 2 heterocycles. The molecule has 0 bridgehead atoms. The normalized spacial score (nSPS) is 11.4. The molecule has 0 spiro atoms. The van der Waals surface area contributed by atoms with Crippen molar-refractivity contribution in [2.45, 2.75) is 26.6 Å². The predicted molar refractivity (Wildman–Crippen MR) is 82.6 cm³/mol. The van der Waals surface area contributed by atoms with Gasteiger partial charge in [0.25, 0.3) is 5.91 Å². The van der Waals surface area contributed by atoms with Crippen molar-refractivity contribution in [1.82, 2.24) is 20.1 Å². The molecule has 1 amide bonds. The van der Waals surface area contributed by atoms with Crippen LogP contribution in [0.15, 0.2) is 18.3 Å². The Hall–Kier alpha value is -2.58. The van der Waals surface area contributed by atoms with Gasteiger partial charge in [-0.05, 0) is 26.0 Å². The summed E-state index contributed by atoms with van der Waals surface area (Å²) in [5, 5.41) is 8.98. The fourth-order valence-corrected chi connectivity index (χ4v) is 2.08. The second-order valence-corrected chi connectivity index (χ2v) is 5.41. The monoisotopic (exact) mass is 341 g/mol. The first kappa shape index (κ1) is 17.8. The Morgan fingerprint density at radius 3 is 2.58 bits per heavy atom. The number of aromatic nitrogens is 3. The van der Waals surface area contributed by atoms with Crippen LogP contribution in [0.5, 0.6) is 0 Å². The molecule has 0 saturated heterocycles. The fraction of sp³-hybridized carbons (Fsp3) is 0.400. The Labute approximate surface area is 137 Å². The van der Waals surface area contributed by atoms with E-state index < -0.39 is 12.7 Å². The molecule has 24 heavy (non-hydrogen) atoms. The van der Waals surface area contributed by atoms with E-state index in [9.17, 15) is 18.0 Å². The number of nitrogens with zero attached hydrogens (tertiary/aromatic N) is 3. The molecule has 2 N–H and O–H groups in total. The van der Waals surface area contributed by atoms with Gasteiger partial charge in [-0.2, -0.15) is 18.3 Å². The van der Waals surface area contributed by atoms with Gasteiger partial charge >= 0.3 is 6.18 Å². The number of hydrogen-bond donors (Lipinski definition) is 2. The minimum absolute atomic E-state index is 0.00929. The molecule has 0 aliphatic carbocycles. The van der Waals surface area contributed by atoms with Gasteiger partial charge in [0, 0.05) is 36.1 Å². The zero-order valence-corrected chi connectivity index (χ0v) is 13.5. The Morgan fingerprint density at radius 2 is 2.00 bits per heavy atom. The minimum Gasteiger partial charge on any atom is -0.361 e. The van der Waals surface area contributed by atoms with Gasteiger partial charge in [0.1, 0.15) is 12.4 Å². The molecule has 6 nitrogen and oxygen atoms in total. The van der Waals surface area contributed by atoms with Gasteiger partial charge in [0.05, 0.1) is 6.20 Å². The van der Waals surface area contributed by atoms with Crippen molar-refractivity contribution in [1.29, 1.82) is 0 Å². The summed E-state index contributed by atoms with van der Waals surface area (Å²) in [5.74, 6) is -0.381. The van der Waals surface area contributed by atoms with Crippen molar-refractivity contribution in [2.75, 3.05) is 11.9 Å². The van der Waals surface area contributed by atoms with Gasteiger partial charge in [-0.3, -0.25) is 9.48 Å². The molecule has 130 valence electrons. The van der Waals surface area contributed by atoms with Crippen molar-refractivity contribution >= 4 is 11.7 Å². The number of carbonyl (C=O) groups excluding carboxylic acids is 1. The van der Waals surface area contributed by atoms with Crippen LogP contribution in [0.3, 0.4) is 0 Å². The number of hydrogen-bond acceptors (Lipinski definition) is 4. The van der Waals surface area contributed by atoms with Crippen LogP contribution in [0.2, 0.25) is 0 Å². The van der Waals surface area contributed by atoms with Crippen LogP contribution in [-0.2, 0) is 13.6 Å². The molecule has 2 rings (SSSR count). The summed E-state index contributed by atoms with van der Waals surface area (Å²) < 4.78 is 38.5. The molecule has 0 aromatic carbocycles. The van der Waals surface area contributed by atoms with Crippen molar-refractivity contribution < 1.29 is 18.0 Å². The Balaban J connectivity index is 2.06. The van der Waals surface area contributed by atoms with E-state index in [1.54, 1.807) is 24.9 Å². The molecule has 2 aromatic rings. The largest absolute Gasteiger partial charge is 0.405 e. The highest BCUT2D eigenvalue weighted by molar-refractivity contribution is 5.94. The average Bonchev–Trinajstić information content (AvgIpc) is 2.81. The standard InChI is InChI=1S/C15H18F3N5O/c1-9-4-11(5-13(22-9)20-8-15(16,17)18)14(24)19-6-12-7-21-23(3)10(12)2/h4-5,7H,6,8H2,1-3H3,(H,19,24)(H,20,22). The quantitative estimate of drug-likeness (QED) is 0.876. The van der Waals surface area contributed by atoms with E-state index in [0.29, 0.717) is 5.69 Å². The van der Waals surface area contributed by atoms with Gasteiger partial charge in [0.15, 0.2) is 0 Å². The highest BCUT2D eigenvalue weighted by atomic mass is 19.4. The fourth-order valence-electron chi connectivity index (χ4n) is 2.08. The number of pyridine rings is 1. The Bertz CT molecular complexity index is 739. The van der Waals surface area contributed by atoms with Crippen LogP contribution < -0.4 is 10.6 Å². The lowest BCUT2D eigenvalue weighted by Gasteiger charge is -2.11. The van der Waals surface area contributed by atoms with E-state index in [2.05, 4.69) is 20.7 Å². The van der Waals surface area contributed by atoms with E-state index in [0.717, 1.165) is 11.3 Å². The number of rotatable bonds is 5. The maximum atomic E-state index is 12.3. The van der Waals surface area contributed by atoms with Gasteiger partial charge < -0.3 is 10.6 Å². The van der Waals surface area contributed by atoms with E-state index in [4.69, 9.17) is 0 Å². The number of anilines is 1. The number of halogens is 3. The lowest BCUT2D eigenvalue weighted by atomic mass is 10.2. The van der Waals surface area contributed by atoms with E-state index in [1.807, 2.05) is 6.92 Å². The third-order valence-corrected chi connectivity index (χ3v) is 3.46. The van der Waals surface area contributed by atoms with Crippen LogP contribution >= 0.6 is 0 Å². The number of alkyl halides is 3. The number of nitrogens with one attached hydrogen (secondary N) is 2. The average molecular weight is 341 g/mol. The maximum Gasteiger partial charge on any atom is 0.405 e. The number of amides is 1. The summed E-state index contributed by atoms with van der Waals surface area (Å²) in [6, 6.07) is 2.81. The van der Waals surface area contributed by atoms with Gasteiger partial charge in [-0.15, -0.1) is 0 Å². The van der Waals surface area contributed by atoms with Crippen LogP contribution in [0.4, 0.5) is 19.0 Å². The first-order chi connectivity index (χ1) is 11.2. The minimum atomic E-state index is -4.36. The summed E-state index contributed by atoms with van der Waals surface area (Å²) in [6.07, 6.45) is -2.70. The van der Waals surface area contributed by atoms with Gasteiger partial charge in [-0.25, -0.2) is 4.98 Å². The third kappa shape index (κ3) is 4.71. The Kier molecular flexibility index (Phi) is 5.10. The molecule has 9 heteroatoms. The van der Waals surface area contributed by atoms with Crippen molar-refractivity contribution in [2.24, 2.45) is 7.05 Å². The summed E-state index contributed by atoms with van der Waals surface area (Å²) >= 11 is 0. The topological polar surface area (TPSA) is 71.8 Å². The second kappa shape index (κ2) is 6.90. The van der Waals surface area contributed by atoms with Crippen LogP contribution in [0.1, 0.15) is 27.3 Å². The smallest absolute Gasteiger partial charge is 0.361 e. The summed E-state index contributed by atoms with van der Waals surface area (Å²) in [6.45, 7) is 2.57. The molecule has 0 atom stereocenters. The molecule has 0 fully saturated rings. The molecular formula is C15H18F3N5O. The van der Waals surface area contributed by atoms with E-state index in [1.165, 1.54) is 12.1 Å². The predicted octanol–water partition coefficient (Wildman–Crippen LogP) is 2.34. The van der Waals surface area contributed by atoms with Crippen LogP contribution in [0, 0.1) is 13.8 Å². The zero-order chi connectivity index (χ0) is 17.9. The molecule has 0 aliphatic rings. The first-order valence-corrected chi connectivity index (χ1v) is 7.20. The van der Waals surface area contributed by atoms with Crippen LogP contribution in [-0.4, -0.2) is 33.4 Å². The molecule has 0 saturated carbocycles. The van der Waals surface area contributed by atoms with Crippen molar-refractivity contribution in [3.63, 3.8) is 0 Å². The number of carbonyl (C=O) groups is 1.